The maximum absolute atomic E-state index is 5.19. The van der Waals surface area contributed by atoms with Crippen LogP contribution in [0.5, 0.6) is 11.5 Å². The van der Waals surface area contributed by atoms with E-state index in [-0.39, 0.29) is 0 Å². The summed E-state index contributed by atoms with van der Waals surface area (Å²) in [5.74, 6) is 1.79. The minimum atomic E-state index is -1.06. The van der Waals surface area contributed by atoms with E-state index in [1.807, 2.05) is 6.07 Å². The molecule has 0 atom stereocenters. The van der Waals surface area contributed by atoms with E-state index in [0.29, 0.717) is 0 Å². The van der Waals surface area contributed by atoms with Crippen LogP contribution in [0.1, 0.15) is 0 Å². The first-order valence-corrected chi connectivity index (χ1v) is 9.80. The van der Waals surface area contributed by atoms with Crippen molar-refractivity contribution in [1.29, 1.82) is 0 Å². The van der Waals surface area contributed by atoms with Gasteiger partial charge >= 0.3 is 86.5 Å². The zero-order chi connectivity index (χ0) is 9.84. The molecule has 0 aliphatic carbocycles. The normalized spacial score (nSPS) is 10.2. The van der Waals surface area contributed by atoms with Gasteiger partial charge in [0.15, 0.2) is 0 Å². The van der Waals surface area contributed by atoms with Crippen molar-refractivity contribution in [1.82, 2.24) is 0 Å². The Kier molecular flexibility index (Phi) is 3.89. The molecule has 3 heteroatoms. The summed E-state index contributed by atoms with van der Waals surface area (Å²) >= 11 is -1.06. The molecule has 0 spiro atoms. The van der Waals surface area contributed by atoms with Crippen molar-refractivity contribution < 1.29 is 9.47 Å². The van der Waals surface area contributed by atoms with E-state index in [0.717, 1.165) is 11.5 Å². The van der Waals surface area contributed by atoms with Crippen molar-refractivity contribution in [3.63, 3.8) is 0 Å². The second-order valence-electron chi connectivity index (χ2n) is 2.86. The van der Waals surface area contributed by atoms with Crippen LogP contribution in [-0.2, 0) is 0 Å². The zero-order valence-electron chi connectivity index (χ0n) is 8.46. The van der Waals surface area contributed by atoms with Gasteiger partial charge in [-0.2, -0.15) is 0 Å². The molecular formula is C10H15O2Te. The van der Waals surface area contributed by atoms with Crippen LogP contribution >= 0.6 is 0 Å². The number of hydrogen-bond donors (Lipinski definition) is 0. The van der Waals surface area contributed by atoms with Gasteiger partial charge < -0.3 is 0 Å². The van der Waals surface area contributed by atoms with Crippen LogP contribution in [0.3, 0.4) is 0 Å². The van der Waals surface area contributed by atoms with E-state index in [1.54, 1.807) is 14.2 Å². The van der Waals surface area contributed by atoms with E-state index < -0.39 is 19.6 Å². The Labute approximate surface area is 86.5 Å². The van der Waals surface area contributed by atoms with Crippen LogP contribution in [0.4, 0.5) is 0 Å². The third kappa shape index (κ3) is 2.79. The molecule has 2 nitrogen and oxygen atoms in total. The summed E-state index contributed by atoms with van der Waals surface area (Å²) in [6, 6.07) is 6.13. The Morgan fingerprint density at radius 1 is 0.923 bits per heavy atom. The third-order valence-corrected chi connectivity index (χ3v) is 5.16. The summed E-state index contributed by atoms with van der Waals surface area (Å²) in [5, 5.41) is 0. The Balaban J connectivity index is 3.07. The molecule has 0 aliphatic rings. The summed E-state index contributed by atoms with van der Waals surface area (Å²) in [5.41, 5.74) is 0. The van der Waals surface area contributed by atoms with Gasteiger partial charge in [-0.05, 0) is 0 Å². The molecule has 0 N–H and O–H groups in total. The van der Waals surface area contributed by atoms with Crippen LogP contribution in [0.25, 0.3) is 0 Å². The fraction of sp³-hybridized carbons (Fsp3) is 0.400. The summed E-state index contributed by atoms with van der Waals surface area (Å²) < 4.78 is 11.8. The Bertz CT molecular complexity index is 262. The zero-order valence-corrected chi connectivity index (χ0v) is 10.8. The summed E-state index contributed by atoms with van der Waals surface area (Å²) in [7, 11) is 3.37. The van der Waals surface area contributed by atoms with Gasteiger partial charge in [0, 0.05) is 0 Å². The SMILES string of the molecule is COc1cc(OC)cc([Te](C)C)c1. The number of rotatable bonds is 3. The van der Waals surface area contributed by atoms with Gasteiger partial charge in [-0.1, -0.05) is 0 Å². The van der Waals surface area contributed by atoms with Gasteiger partial charge in [-0.3, -0.25) is 0 Å². The molecular weight excluding hydrogens is 280 g/mol. The van der Waals surface area contributed by atoms with Crippen LogP contribution in [0, 0.1) is 0 Å². The van der Waals surface area contributed by atoms with Crippen molar-refractivity contribution in [3.8, 4) is 11.5 Å². The monoisotopic (exact) mass is 297 g/mol. The van der Waals surface area contributed by atoms with Crippen molar-refractivity contribution in [2.24, 2.45) is 0 Å². The van der Waals surface area contributed by atoms with Crippen LogP contribution in [0.15, 0.2) is 18.2 Å². The molecule has 0 heterocycles. The molecule has 0 amide bonds. The second-order valence-corrected chi connectivity index (χ2v) is 8.87. The molecule has 0 saturated carbocycles. The van der Waals surface area contributed by atoms with Gasteiger partial charge in [0.1, 0.15) is 0 Å². The Morgan fingerprint density at radius 2 is 1.38 bits per heavy atom. The average Bonchev–Trinajstić information content (AvgIpc) is 2.16. The summed E-state index contributed by atoms with van der Waals surface area (Å²) in [6.45, 7) is 0. The number of methoxy groups -OCH3 is 2. The molecule has 0 fully saturated rings. The van der Waals surface area contributed by atoms with E-state index in [9.17, 15) is 0 Å². The topological polar surface area (TPSA) is 18.5 Å². The number of benzene rings is 1. The Morgan fingerprint density at radius 3 is 1.69 bits per heavy atom. The fourth-order valence-electron chi connectivity index (χ4n) is 1.02. The van der Waals surface area contributed by atoms with E-state index in [1.165, 1.54) is 3.61 Å². The molecule has 1 aromatic rings. The molecule has 0 saturated heterocycles. The van der Waals surface area contributed by atoms with Crippen molar-refractivity contribution in [2.75, 3.05) is 14.2 Å². The average molecular weight is 295 g/mol. The molecule has 0 unspecified atom stereocenters. The summed E-state index contributed by atoms with van der Waals surface area (Å²) in [4.78, 5) is 4.63. The molecule has 13 heavy (non-hydrogen) atoms. The standard InChI is InChI=1S/C10H15O2Te/c1-11-8-5-9(12-2)7-10(6-8)13(3)4/h5-7H,1-4H3. The first kappa shape index (κ1) is 10.7. The van der Waals surface area contributed by atoms with Gasteiger partial charge in [-0.25, -0.2) is 0 Å². The molecule has 1 radical (unpaired) electrons. The van der Waals surface area contributed by atoms with Crippen LogP contribution < -0.4 is 13.1 Å². The molecule has 1 aromatic carbocycles. The number of ether oxygens (including phenoxy) is 2. The van der Waals surface area contributed by atoms with Gasteiger partial charge in [-0.15, -0.1) is 0 Å². The van der Waals surface area contributed by atoms with Crippen molar-refractivity contribution in [3.05, 3.63) is 18.2 Å². The summed E-state index contributed by atoms with van der Waals surface area (Å²) in [6.07, 6.45) is 0. The molecule has 0 aliphatic heterocycles. The second kappa shape index (κ2) is 4.74. The quantitative estimate of drug-likeness (QED) is 0.790. The molecule has 0 bridgehead atoms. The maximum atomic E-state index is 5.19. The van der Waals surface area contributed by atoms with Crippen LogP contribution in [0.2, 0.25) is 9.94 Å². The van der Waals surface area contributed by atoms with E-state index >= 15 is 0 Å². The van der Waals surface area contributed by atoms with Gasteiger partial charge in [0.2, 0.25) is 0 Å². The van der Waals surface area contributed by atoms with E-state index in [4.69, 9.17) is 9.47 Å². The van der Waals surface area contributed by atoms with E-state index in [2.05, 4.69) is 22.1 Å². The number of hydrogen-bond acceptors (Lipinski definition) is 2. The predicted molar refractivity (Wildman–Crippen MR) is 56.7 cm³/mol. The fourth-order valence-corrected chi connectivity index (χ4v) is 3.03. The van der Waals surface area contributed by atoms with Crippen molar-refractivity contribution in [2.45, 2.75) is 9.94 Å². The Hall–Kier alpha value is -0.390. The molecule has 1 rings (SSSR count). The van der Waals surface area contributed by atoms with Crippen LogP contribution in [-0.4, -0.2) is 33.8 Å². The molecule has 0 aromatic heterocycles. The third-order valence-electron chi connectivity index (χ3n) is 1.80. The van der Waals surface area contributed by atoms with Gasteiger partial charge in [0.05, 0.1) is 0 Å². The first-order valence-electron chi connectivity index (χ1n) is 3.98. The van der Waals surface area contributed by atoms with Gasteiger partial charge in [0.25, 0.3) is 0 Å². The predicted octanol–water partition coefficient (Wildman–Crippen LogP) is 1.67. The molecule has 73 valence electrons. The first-order chi connectivity index (χ1) is 6.17. The van der Waals surface area contributed by atoms with Crippen molar-refractivity contribution >= 4 is 23.2 Å². The minimum absolute atomic E-state index is 0.893.